The van der Waals surface area contributed by atoms with Crippen molar-refractivity contribution in [3.05, 3.63) is 64.1 Å². The van der Waals surface area contributed by atoms with E-state index in [1.165, 1.54) is 18.2 Å². The highest BCUT2D eigenvalue weighted by Crippen LogP contribution is 2.24. The number of amides is 1. The Morgan fingerprint density at radius 1 is 1.37 bits per heavy atom. The molecule has 140 valence electrons. The van der Waals surface area contributed by atoms with Crippen molar-refractivity contribution in [1.29, 1.82) is 0 Å². The number of nitro groups is 1. The number of hydrogen-bond acceptors (Lipinski definition) is 7. The summed E-state index contributed by atoms with van der Waals surface area (Å²) in [5.41, 5.74) is 6.16. The monoisotopic (exact) mass is 386 g/mol. The van der Waals surface area contributed by atoms with Crippen molar-refractivity contribution in [2.45, 2.75) is 12.5 Å². The minimum Gasteiger partial charge on any atom is -0.393 e. The Morgan fingerprint density at radius 3 is 2.93 bits per heavy atom. The fourth-order valence-electron chi connectivity index (χ4n) is 2.68. The number of hydrogen-bond donors (Lipinski definition) is 2. The normalized spacial score (nSPS) is 12.0. The van der Waals surface area contributed by atoms with Gasteiger partial charge in [-0.25, -0.2) is 0 Å². The number of carbonyl (C=O) groups excluding carboxylic acids is 1. The summed E-state index contributed by atoms with van der Waals surface area (Å²) in [5, 5.41) is 22.3. The second kappa shape index (κ2) is 8.04. The highest BCUT2D eigenvalue weighted by atomic mass is 32.2. The Bertz CT molecular complexity index is 990. The maximum Gasteiger partial charge on any atom is 0.292 e. The Morgan fingerprint density at radius 2 is 2.19 bits per heavy atom. The van der Waals surface area contributed by atoms with Gasteiger partial charge in [-0.05, 0) is 42.7 Å². The molecule has 1 unspecified atom stereocenters. The van der Waals surface area contributed by atoms with E-state index in [2.05, 4.69) is 15.5 Å². The fraction of sp³-hybridized carbons (Fsp3) is 0.235. The lowest BCUT2D eigenvalue weighted by atomic mass is 10.1. The van der Waals surface area contributed by atoms with Crippen LogP contribution < -0.4 is 11.1 Å². The van der Waals surface area contributed by atoms with Gasteiger partial charge in [0, 0.05) is 17.8 Å². The average molecular weight is 386 g/mol. The Hall–Kier alpha value is -3.14. The van der Waals surface area contributed by atoms with Crippen LogP contribution in [0.4, 0.5) is 11.4 Å². The van der Waals surface area contributed by atoms with E-state index in [0.29, 0.717) is 17.9 Å². The van der Waals surface area contributed by atoms with Gasteiger partial charge in [0.05, 0.1) is 11.0 Å². The molecule has 3 rings (SSSR count). The average Bonchev–Trinajstić information content (AvgIpc) is 3.09. The first kappa shape index (κ1) is 18.6. The Labute approximate surface area is 159 Å². The number of nitrogens with one attached hydrogen (secondary N) is 1. The van der Waals surface area contributed by atoms with Crippen LogP contribution in [0.3, 0.4) is 0 Å². The number of thioether (sulfide) groups is 1. The molecule has 0 saturated carbocycles. The van der Waals surface area contributed by atoms with Crippen LogP contribution in [0.15, 0.2) is 42.6 Å². The number of carbonyl (C=O) groups is 1. The number of benzene rings is 1. The van der Waals surface area contributed by atoms with Gasteiger partial charge in [0.2, 0.25) is 0 Å². The van der Waals surface area contributed by atoms with E-state index < -0.39 is 10.8 Å². The maximum atomic E-state index is 12.7. The lowest BCUT2D eigenvalue weighted by molar-refractivity contribution is -0.383. The molecule has 3 aromatic rings. The molecule has 1 amide bonds. The molecule has 0 aliphatic heterocycles. The van der Waals surface area contributed by atoms with Gasteiger partial charge in [-0.3, -0.25) is 19.3 Å². The molecule has 27 heavy (non-hydrogen) atoms. The van der Waals surface area contributed by atoms with E-state index in [0.717, 1.165) is 5.75 Å². The molecule has 0 saturated heterocycles. The minimum atomic E-state index is -0.608. The van der Waals surface area contributed by atoms with Gasteiger partial charge in [-0.15, -0.1) is 10.2 Å². The third-order valence-corrected chi connectivity index (χ3v) is 4.70. The lowest BCUT2D eigenvalue weighted by Gasteiger charge is -2.17. The molecule has 0 aliphatic rings. The number of aromatic nitrogens is 3. The molecule has 9 nitrogen and oxygen atoms in total. The topological polar surface area (TPSA) is 128 Å². The lowest BCUT2D eigenvalue weighted by Crippen LogP contribution is -2.30. The standard InChI is InChI=1S/C17H18N6O3S/c1-27-9-7-13(16-21-20-15-4-2-3-8-22(15)16)19-17(24)11-5-6-12(18)14(10-11)23(25)26/h2-6,8,10,13H,7,9,18H2,1H3,(H,19,24). The number of fused-ring (bicyclic) bond motifs is 1. The molecule has 2 aromatic heterocycles. The van der Waals surface area contributed by atoms with Crippen LogP contribution >= 0.6 is 11.8 Å². The van der Waals surface area contributed by atoms with Crippen molar-refractivity contribution >= 4 is 34.7 Å². The molecule has 1 aromatic carbocycles. The Kier molecular flexibility index (Phi) is 5.55. The van der Waals surface area contributed by atoms with Crippen LogP contribution in [0, 0.1) is 10.1 Å². The minimum absolute atomic E-state index is 0.0129. The van der Waals surface area contributed by atoms with Crippen LogP contribution in [-0.4, -0.2) is 37.4 Å². The SMILES string of the molecule is CSCCC(NC(=O)c1ccc(N)c([N+](=O)[O-])c1)c1nnc2ccccn12. The second-order valence-corrected chi connectivity index (χ2v) is 6.81. The summed E-state index contributed by atoms with van der Waals surface area (Å²) in [6.07, 6.45) is 4.45. The number of nitrogen functional groups attached to an aromatic ring is 1. The summed E-state index contributed by atoms with van der Waals surface area (Å²) < 4.78 is 1.82. The first-order valence-corrected chi connectivity index (χ1v) is 9.54. The molecule has 1 atom stereocenters. The fourth-order valence-corrected chi connectivity index (χ4v) is 3.16. The molecule has 0 aliphatic carbocycles. The number of pyridine rings is 1. The van der Waals surface area contributed by atoms with Crippen LogP contribution in [0.25, 0.3) is 5.65 Å². The Balaban J connectivity index is 1.90. The third kappa shape index (κ3) is 4.00. The highest BCUT2D eigenvalue weighted by Gasteiger charge is 2.22. The summed E-state index contributed by atoms with van der Waals surface area (Å²) in [4.78, 5) is 23.2. The molecule has 0 radical (unpaired) electrons. The number of nitrogens with two attached hydrogens (primary N) is 1. The largest absolute Gasteiger partial charge is 0.393 e. The quantitative estimate of drug-likeness (QED) is 0.362. The van der Waals surface area contributed by atoms with Crippen LogP contribution in [0.1, 0.15) is 28.6 Å². The summed E-state index contributed by atoms with van der Waals surface area (Å²) in [5.74, 6) is 0.976. The molecule has 3 N–H and O–H groups in total. The summed E-state index contributed by atoms with van der Waals surface area (Å²) >= 11 is 1.65. The third-order valence-electron chi connectivity index (χ3n) is 4.06. The summed E-state index contributed by atoms with van der Waals surface area (Å²) in [6, 6.07) is 9.15. The van der Waals surface area contributed by atoms with E-state index in [4.69, 9.17) is 5.73 Å². The van der Waals surface area contributed by atoms with E-state index in [1.54, 1.807) is 11.8 Å². The number of anilines is 1. The van der Waals surface area contributed by atoms with Crippen molar-refractivity contribution in [1.82, 2.24) is 19.9 Å². The van der Waals surface area contributed by atoms with Gasteiger partial charge in [-0.2, -0.15) is 11.8 Å². The van der Waals surface area contributed by atoms with Crippen molar-refractivity contribution in [3.8, 4) is 0 Å². The van der Waals surface area contributed by atoms with Gasteiger partial charge >= 0.3 is 0 Å². The molecule has 0 spiro atoms. The predicted octanol–water partition coefficient (Wildman–Crippen LogP) is 2.44. The van der Waals surface area contributed by atoms with Gasteiger partial charge in [0.15, 0.2) is 11.5 Å². The van der Waals surface area contributed by atoms with Crippen LogP contribution in [0.5, 0.6) is 0 Å². The zero-order valence-electron chi connectivity index (χ0n) is 14.5. The van der Waals surface area contributed by atoms with E-state index in [1.807, 2.05) is 35.1 Å². The molecular formula is C17H18N6O3S. The smallest absolute Gasteiger partial charge is 0.292 e. The molecule has 0 fully saturated rings. The van der Waals surface area contributed by atoms with E-state index in [9.17, 15) is 14.9 Å². The molecule has 10 heteroatoms. The van der Waals surface area contributed by atoms with Gasteiger partial charge in [0.25, 0.3) is 11.6 Å². The van der Waals surface area contributed by atoms with Crippen molar-refractivity contribution in [3.63, 3.8) is 0 Å². The van der Waals surface area contributed by atoms with Crippen molar-refractivity contribution < 1.29 is 9.72 Å². The number of rotatable bonds is 7. The number of nitro benzene ring substituents is 1. The highest BCUT2D eigenvalue weighted by molar-refractivity contribution is 7.98. The summed E-state index contributed by atoms with van der Waals surface area (Å²) in [7, 11) is 0. The van der Waals surface area contributed by atoms with E-state index in [-0.39, 0.29) is 23.0 Å². The maximum absolute atomic E-state index is 12.7. The van der Waals surface area contributed by atoms with E-state index >= 15 is 0 Å². The first-order valence-electron chi connectivity index (χ1n) is 8.14. The zero-order valence-corrected chi connectivity index (χ0v) is 15.3. The van der Waals surface area contributed by atoms with Gasteiger partial charge < -0.3 is 11.1 Å². The number of nitrogens with zero attached hydrogens (tertiary/aromatic N) is 4. The molecule has 0 bridgehead atoms. The van der Waals surface area contributed by atoms with Gasteiger partial charge in [0.1, 0.15) is 5.69 Å². The molecular weight excluding hydrogens is 368 g/mol. The predicted molar refractivity (Wildman–Crippen MR) is 104 cm³/mol. The molecule has 2 heterocycles. The van der Waals surface area contributed by atoms with Crippen LogP contribution in [0.2, 0.25) is 0 Å². The zero-order chi connectivity index (χ0) is 19.4. The second-order valence-electron chi connectivity index (χ2n) is 5.83. The van der Waals surface area contributed by atoms with Crippen LogP contribution in [-0.2, 0) is 0 Å². The van der Waals surface area contributed by atoms with Crippen molar-refractivity contribution in [2.75, 3.05) is 17.7 Å². The summed E-state index contributed by atoms with van der Waals surface area (Å²) in [6.45, 7) is 0. The van der Waals surface area contributed by atoms with Gasteiger partial charge in [-0.1, -0.05) is 6.07 Å². The van der Waals surface area contributed by atoms with Crippen molar-refractivity contribution in [2.24, 2.45) is 0 Å². The first-order chi connectivity index (χ1) is 13.0.